The Hall–Kier alpha value is -4.47. The van der Waals surface area contributed by atoms with Crippen molar-refractivity contribution in [2.75, 3.05) is 19.1 Å². The number of carbonyl (C=O) groups is 2. The first kappa shape index (κ1) is 26.1. The SMILES string of the molecule is COc1cccc([C@H](C(=O)NC2CCCC2)N(C(=O)Cn2nnc3ccccc32)c2ccccc2F)c1OC. The molecule has 0 unspecified atom stereocenters. The molecule has 1 saturated carbocycles. The number of nitrogens with zero attached hydrogens (tertiary/aromatic N) is 4. The number of methoxy groups -OCH3 is 2. The summed E-state index contributed by atoms with van der Waals surface area (Å²) in [4.78, 5) is 29.4. The summed E-state index contributed by atoms with van der Waals surface area (Å²) in [6, 6.07) is 16.9. The fraction of sp³-hybridized carbons (Fsp3) is 0.310. The molecular formula is C29H30FN5O4. The summed E-state index contributed by atoms with van der Waals surface area (Å²) in [7, 11) is 2.95. The van der Waals surface area contributed by atoms with Gasteiger partial charge in [0.2, 0.25) is 11.8 Å². The van der Waals surface area contributed by atoms with Gasteiger partial charge in [-0.15, -0.1) is 5.10 Å². The van der Waals surface area contributed by atoms with Crippen molar-refractivity contribution >= 4 is 28.5 Å². The van der Waals surface area contributed by atoms with Crippen LogP contribution in [0.5, 0.6) is 11.5 Å². The minimum absolute atomic E-state index is 0.0339. The molecular weight excluding hydrogens is 501 g/mol. The zero-order chi connectivity index (χ0) is 27.4. The van der Waals surface area contributed by atoms with Gasteiger partial charge in [-0.25, -0.2) is 9.07 Å². The Labute approximate surface area is 225 Å². The van der Waals surface area contributed by atoms with Gasteiger partial charge in [0, 0.05) is 11.6 Å². The first-order valence-corrected chi connectivity index (χ1v) is 12.9. The lowest BCUT2D eigenvalue weighted by molar-refractivity contribution is -0.127. The normalized spacial score (nSPS) is 14.2. The highest BCUT2D eigenvalue weighted by atomic mass is 19.1. The van der Waals surface area contributed by atoms with Gasteiger partial charge < -0.3 is 14.8 Å². The molecule has 1 fully saturated rings. The van der Waals surface area contributed by atoms with Crippen molar-refractivity contribution < 1.29 is 23.5 Å². The summed E-state index contributed by atoms with van der Waals surface area (Å²) in [5.74, 6) is -0.959. The fourth-order valence-corrected chi connectivity index (χ4v) is 5.18. The zero-order valence-corrected chi connectivity index (χ0v) is 21.8. The largest absolute Gasteiger partial charge is 0.493 e. The number of hydrogen-bond donors (Lipinski definition) is 1. The summed E-state index contributed by atoms with van der Waals surface area (Å²) < 4.78 is 28.0. The first-order valence-electron chi connectivity index (χ1n) is 12.9. The van der Waals surface area contributed by atoms with Gasteiger partial charge in [0.15, 0.2) is 11.5 Å². The standard InChI is InChI=1S/C29H30FN5O4/c1-38-25-17-9-12-20(28(25)39-2)27(29(37)31-19-10-3-4-11-19)35(23-15-7-5-13-21(23)30)26(36)18-34-24-16-8-6-14-22(24)32-33-34/h5-9,12-17,19,27H,3-4,10-11,18H2,1-2H3,(H,31,37)/t27-/m1/s1. The van der Waals surface area contributed by atoms with Crippen LogP contribution in [0.1, 0.15) is 37.3 Å². The molecule has 0 bridgehead atoms. The number of rotatable bonds is 9. The maximum atomic E-state index is 15.4. The molecule has 0 saturated heterocycles. The molecule has 1 N–H and O–H groups in total. The summed E-state index contributed by atoms with van der Waals surface area (Å²) in [6.45, 7) is -0.270. The third kappa shape index (κ3) is 5.27. The molecule has 39 heavy (non-hydrogen) atoms. The van der Waals surface area contributed by atoms with Crippen LogP contribution in [0.25, 0.3) is 11.0 Å². The van der Waals surface area contributed by atoms with Crippen LogP contribution in [-0.2, 0) is 16.1 Å². The first-order chi connectivity index (χ1) is 19.0. The van der Waals surface area contributed by atoms with Gasteiger partial charge in [0.1, 0.15) is 23.9 Å². The number of nitrogens with one attached hydrogen (secondary N) is 1. The average molecular weight is 532 g/mol. The van der Waals surface area contributed by atoms with E-state index in [1.807, 2.05) is 12.1 Å². The van der Waals surface area contributed by atoms with E-state index >= 15 is 4.39 Å². The van der Waals surface area contributed by atoms with Crippen molar-refractivity contribution in [3.05, 3.63) is 78.1 Å². The van der Waals surface area contributed by atoms with Crippen LogP contribution in [0.15, 0.2) is 66.7 Å². The van der Waals surface area contributed by atoms with E-state index in [0.29, 0.717) is 22.3 Å². The molecule has 0 spiro atoms. The van der Waals surface area contributed by atoms with Gasteiger partial charge in [0.05, 0.1) is 25.4 Å². The van der Waals surface area contributed by atoms with Gasteiger partial charge in [0.25, 0.3) is 0 Å². The van der Waals surface area contributed by atoms with Crippen molar-refractivity contribution in [2.45, 2.75) is 44.3 Å². The van der Waals surface area contributed by atoms with Crippen LogP contribution in [0.3, 0.4) is 0 Å². The second kappa shape index (κ2) is 11.5. The summed E-state index contributed by atoms with van der Waals surface area (Å²) in [6.07, 6.45) is 3.69. The van der Waals surface area contributed by atoms with Crippen LogP contribution in [-0.4, -0.2) is 47.1 Å². The Kier molecular flexibility index (Phi) is 7.72. The van der Waals surface area contributed by atoms with Gasteiger partial charge >= 0.3 is 0 Å². The number of benzene rings is 3. The number of aromatic nitrogens is 3. The fourth-order valence-electron chi connectivity index (χ4n) is 5.18. The number of carbonyl (C=O) groups excluding carboxylic acids is 2. The number of halogens is 1. The molecule has 1 aliphatic carbocycles. The van der Waals surface area contributed by atoms with Crippen molar-refractivity contribution in [2.24, 2.45) is 0 Å². The van der Waals surface area contributed by atoms with Crippen LogP contribution >= 0.6 is 0 Å². The minimum Gasteiger partial charge on any atom is -0.493 e. The lowest BCUT2D eigenvalue weighted by atomic mass is 10.00. The highest BCUT2D eigenvalue weighted by Crippen LogP contribution is 2.40. The lowest BCUT2D eigenvalue weighted by Gasteiger charge is -2.33. The summed E-state index contributed by atoms with van der Waals surface area (Å²) in [5.41, 5.74) is 1.59. The maximum Gasteiger partial charge on any atom is 0.249 e. The predicted octanol–water partition coefficient (Wildman–Crippen LogP) is 4.42. The Balaban J connectivity index is 1.65. The molecule has 1 heterocycles. The highest BCUT2D eigenvalue weighted by molar-refractivity contribution is 6.02. The van der Waals surface area contributed by atoms with Gasteiger partial charge in [-0.1, -0.05) is 54.5 Å². The van der Waals surface area contributed by atoms with E-state index in [9.17, 15) is 9.59 Å². The van der Waals surface area contributed by atoms with E-state index in [2.05, 4.69) is 15.6 Å². The van der Waals surface area contributed by atoms with Crippen molar-refractivity contribution in [3.63, 3.8) is 0 Å². The Morgan fingerprint density at radius 3 is 2.51 bits per heavy atom. The van der Waals surface area contributed by atoms with Crippen molar-refractivity contribution in [1.29, 1.82) is 0 Å². The molecule has 1 aliphatic rings. The van der Waals surface area contributed by atoms with Crippen molar-refractivity contribution in [3.8, 4) is 11.5 Å². The molecule has 0 radical (unpaired) electrons. The Morgan fingerprint density at radius 2 is 1.77 bits per heavy atom. The molecule has 10 heteroatoms. The van der Waals surface area contributed by atoms with E-state index in [-0.39, 0.29) is 24.0 Å². The van der Waals surface area contributed by atoms with E-state index in [1.54, 1.807) is 36.4 Å². The van der Waals surface area contributed by atoms with Crippen LogP contribution in [0.4, 0.5) is 10.1 Å². The molecule has 1 aromatic heterocycles. The predicted molar refractivity (Wildman–Crippen MR) is 144 cm³/mol. The lowest BCUT2D eigenvalue weighted by Crippen LogP contribution is -2.47. The zero-order valence-electron chi connectivity index (χ0n) is 21.8. The third-order valence-corrected chi connectivity index (χ3v) is 7.02. The van der Waals surface area contributed by atoms with E-state index in [4.69, 9.17) is 9.47 Å². The molecule has 9 nitrogen and oxygen atoms in total. The third-order valence-electron chi connectivity index (χ3n) is 7.02. The number of amides is 2. The number of anilines is 1. The Bertz CT molecular complexity index is 1480. The monoisotopic (exact) mass is 531 g/mol. The second-order valence-corrected chi connectivity index (χ2v) is 9.43. The Morgan fingerprint density at radius 1 is 1.03 bits per heavy atom. The molecule has 0 aliphatic heterocycles. The second-order valence-electron chi connectivity index (χ2n) is 9.43. The van der Waals surface area contributed by atoms with Crippen molar-refractivity contribution in [1.82, 2.24) is 20.3 Å². The topological polar surface area (TPSA) is 98.6 Å². The number of fused-ring (bicyclic) bond motifs is 1. The van der Waals surface area contributed by atoms with Gasteiger partial charge in [-0.2, -0.15) is 0 Å². The average Bonchev–Trinajstić information content (AvgIpc) is 3.61. The number of para-hydroxylation sites is 3. The van der Waals surface area contributed by atoms with Gasteiger partial charge in [-0.3, -0.25) is 14.5 Å². The molecule has 5 rings (SSSR count). The minimum atomic E-state index is -1.25. The highest BCUT2D eigenvalue weighted by Gasteiger charge is 2.38. The molecule has 1 atom stereocenters. The maximum absolute atomic E-state index is 15.4. The number of hydrogen-bond acceptors (Lipinski definition) is 6. The van der Waals surface area contributed by atoms with Crippen LogP contribution in [0, 0.1) is 5.82 Å². The smallest absolute Gasteiger partial charge is 0.249 e. The molecule has 2 amide bonds. The van der Waals surface area contributed by atoms with E-state index in [0.717, 1.165) is 25.7 Å². The van der Waals surface area contributed by atoms with E-state index in [1.165, 1.54) is 42.0 Å². The summed E-state index contributed by atoms with van der Waals surface area (Å²) >= 11 is 0. The van der Waals surface area contributed by atoms with E-state index < -0.39 is 23.7 Å². The molecule has 202 valence electrons. The summed E-state index contributed by atoms with van der Waals surface area (Å²) in [5, 5.41) is 11.4. The van der Waals surface area contributed by atoms with Gasteiger partial charge in [-0.05, 0) is 43.2 Å². The van der Waals surface area contributed by atoms with Crippen LogP contribution in [0.2, 0.25) is 0 Å². The molecule has 3 aromatic carbocycles. The number of ether oxygens (including phenoxy) is 2. The quantitative estimate of drug-likeness (QED) is 0.343. The molecule has 4 aromatic rings. The van der Waals surface area contributed by atoms with Crippen LogP contribution < -0.4 is 19.7 Å².